The van der Waals surface area contributed by atoms with Crippen molar-refractivity contribution in [2.24, 2.45) is 0 Å². The average molecular weight is 209 g/mol. The van der Waals surface area contributed by atoms with Crippen molar-refractivity contribution in [1.29, 1.82) is 0 Å². The number of ether oxygens (including phenoxy) is 1. The number of likely N-dealkylation sites (N-methyl/N-ethyl adjacent to an activating group) is 1. The summed E-state index contributed by atoms with van der Waals surface area (Å²) in [6, 6.07) is 0.325. The minimum Gasteiger partial charge on any atom is -0.374 e. The molecule has 2 unspecified atom stereocenters. The Morgan fingerprint density at radius 2 is 2.60 bits per heavy atom. The van der Waals surface area contributed by atoms with Gasteiger partial charge in [-0.1, -0.05) is 0 Å². The van der Waals surface area contributed by atoms with Gasteiger partial charge in [-0.05, 0) is 26.8 Å². The molecule has 1 aliphatic rings. The summed E-state index contributed by atoms with van der Waals surface area (Å²) >= 11 is 0. The molecule has 0 amide bonds. The van der Waals surface area contributed by atoms with Crippen LogP contribution in [0.3, 0.4) is 0 Å². The Kier molecular flexibility index (Phi) is 3.07. The first-order valence-corrected chi connectivity index (χ1v) is 5.54. The van der Waals surface area contributed by atoms with E-state index in [-0.39, 0.29) is 5.60 Å². The Balaban J connectivity index is 2.03. The van der Waals surface area contributed by atoms with Crippen molar-refractivity contribution >= 4 is 0 Å². The lowest BCUT2D eigenvalue weighted by Gasteiger charge is -2.32. The van der Waals surface area contributed by atoms with E-state index < -0.39 is 0 Å². The van der Waals surface area contributed by atoms with Crippen molar-refractivity contribution in [3.05, 3.63) is 18.2 Å². The number of nitrogens with zero attached hydrogens (tertiary/aromatic N) is 1. The van der Waals surface area contributed by atoms with Gasteiger partial charge in [-0.15, -0.1) is 0 Å². The zero-order chi connectivity index (χ0) is 10.7. The van der Waals surface area contributed by atoms with Gasteiger partial charge in [0.05, 0.1) is 5.60 Å². The van der Waals surface area contributed by atoms with Gasteiger partial charge in [-0.25, -0.2) is 4.98 Å². The second-order valence-electron chi connectivity index (χ2n) is 4.35. The maximum absolute atomic E-state index is 5.84. The van der Waals surface area contributed by atoms with E-state index in [4.69, 9.17) is 4.74 Å². The molecule has 4 nitrogen and oxygen atoms in total. The van der Waals surface area contributed by atoms with Gasteiger partial charge >= 0.3 is 0 Å². The molecule has 1 saturated heterocycles. The molecule has 2 rings (SSSR count). The number of nitrogens with one attached hydrogen (secondary N) is 2. The predicted octanol–water partition coefficient (Wildman–Crippen LogP) is 1.11. The molecule has 15 heavy (non-hydrogen) atoms. The van der Waals surface area contributed by atoms with Gasteiger partial charge in [-0.2, -0.15) is 0 Å². The quantitative estimate of drug-likeness (QED) is 0.781. The summed E-state index contributed by atoms with van der Waals surface area (Å²) in [5, 5.41) is 3.34. The van der Waals surface area contributed by atoms with Crippen LogP contribution >= 0.6 is 0 Å². The van der Waals surface area contributed by atoms with Gasteiger partial charge in [0.2, 0.25) is 0 Å². The number of aromatic nitrogens is 2. The molecule has 0 bridgehead atoms. The highest BCUT2D eigenvalue weighted by atomic mass is 16.5. The lowest BCUT2D eigenvalue weighted by Crippen LogP contribution is -2.48. The fraction of sp³-hybridized carbons (Fsp3) is 0.727. The van der Waals surface area contributed by atoms with Gasteiger partial charge in [0.25, 0.3) is 0 Å². The maximum atomic E-state index is 5.84. The normalized spacial score (nSPS) is 28.1. The van der Waals surface area contributed by atoms with Crippen LogP contribution in [0, 0.1) is 0 Å². The third-order valence-electron chi connectivity index (χ3n) is 3.29. The van der Waals surface area contributed by atoms with Crippen LogP contribution in [0.1, 0.15) is 25.6 Å². The molecule has 1 aromatic rings. The first kappa shape index (κ1) is 10.6. The minimum absolute atomic E-state index is 0.0401. The topological polar surface area (TPSA) is 49.9 Å². The molecule has 0 aromatic carbocycles. The molecule has 0 aliphatic carbocycles. The van der Waals surface area contributed by atoms with Crippen molar-refractivity contribution in [3.63, 3.8) is 0 Å². The second kappa shape index (κ2) is 4.33. The smallest absolute Gasteiger partial charge is 0.107 e. The van der Waals surface area contributed by atoms with Crippen LogP contribution in [-0.4, -0.2) is 35.3 Å². The van der Waals surface area contributed by atoms with Crippen molar-refractivity contribution < 1.29 is 4.74 Å². The summed E-state index contributed by atoms with van der Waals surface area (Å²) in [5.74, 6) is 1.02. The molecule has 4 heteroatoms. The summed E-state index contributed by atoms with van der Waals surface area (Å²) in [4.78, 5) is 7.39. The molecule has 0 spiro atoms. The molecule has 1 aromatic heterocycles. The predicted molar refractivity (Wildman–Crippen MR) is 58.7 cm³/mol. The van der Waals surface area contributed by atoms with E-state index in [1.807, 2.05) is 13.2 Å². The molecule has 2 heterocycles. The van der Waals surface area contributed by atoms with Crippen LogP contribution in [-0.2, 0) is 11.2 Å². The van der Waals surface area contributed by atoms with Crippen molar-refractivity contribution in [2.75, 3.05) is 13.7 Å². The summed E-state index contributed by atoms with van der Waals surface area (Å²) in [5.41, 5.74) is -0.0401. The molecular formula is C11H19N3O. The van der Waals surface area contributed by atoms with Crippen molar-refractivity contribution in [1.82, 2.24) is 15.3 Å². The van der Waals surface area contributed by atoms with E-state index in [1.165, 1.54) is 0 Å². The number of hydrogen-bond donors (Lipinski definition) is 2. The van der Waals surface area contributed by atoms with Crippen LogP contribution < -0.4 is 5.32 Å². The minimum atomic E-state index is -0.0401. The van der Waals surface area contributed by atoms with E-state index in [0.29, 0.717) is 6.04 Å². The molecule has 2 atom stereocenters. The summed E-state index contributed by atoms with van der Waals surface area (Å²) in [6.45, 7) is 3.07. The first-order valence-electron chi connectivity index (χ1n) is 5.54. The van der Waals surface area contributed by atoms with Crippen LogP contribution in [0.4, 0.5) is 0 Å². The van der Waals surface area contributed by atoms with Crippen LogP contribution in [0.15, 0.2) is 12.4 Å². The molecule has 1 fully saturated rings. The van der Waals surface area contributed by atoms with Crippen LogP contribution in [0.25, 0.3) is 0 Å². The highest BCUT2D eigenvalue weighted by molar-refractivity contribution is 4.99. The first-order chi connectivity index (χ1) is 7.24. The Labute approximate surface area is 90.4 Å². The average Bonchev–Trinajstić information content (AvgIpc) is 2.85. The number of rotatable bonds is 4. The zero-order valence-electron chi connectivity index (χ0n) is 9.42. The van der Waals surface area contributed by atoms with E-state index in [2.05, 4.69) is 22.2 Å². The van der Waals surface area contributed by atoms with Gasteiger partial charge in [-0.3, -0.25) is 0 Å². The van der Waals surface area contributed by atoms with Gasteiger partial charge < -0.3 is 15.0 Å². The van der Waals surface area contributed by atoms with Crippen molar-refractivity contribution in [2.45, 2.75) is 37.8 Å². The van der Waals surface area contributed by atoms with Crippen LogP contribution in [0.5, 0.6) is 0 Å². The molecule has 2 N–H and O–H groups in total. The molecular weight excluding hydrogens is 190 g/mol. The van der Waals surface area contributed by atoms with Gasteiger partial charge in [0.15, 0.2) is 0 Å². The Morgan fingerprint density at radius 3 is 3.13 bits per heavy atom. The number of aromatic amines is 1. The van der Waals surface area contributed by atoms with E-state index in [0.717, 1.165) is 31.7 Å². The fourth-order valence-electron chi connectivity index (χ4n) is 2.30. The highest BCUT2D eigenvalue weighted by Gasteiger charge is 2.37. The molecule has 0 radical (unpaired) electrons. The third-order valence-corrected chi connectivity index (χ3v) is 3.29. The standard InChI is InChI=1S/C11H19N3O/c1-11(4-3-7-15-11)9(12-2)8-10-13-5-6-14-10/h5-6,9,12H,3-4,7-8H2,1-2H3,(H,13,14). The lowest BCUT2D eigenvalue weighted by atomic mass is 9.90. The molecule has 0 saturated carbocycles. The second-order valence-corrected chi connectivity index (χ2v) is 4.35. The van der Waals surface area contributed by atoms with Gasteiger partial charge in [0.1, 0.15) is 5.82 Å². The summed E-state index contributed by atoms with van der Waals surface area (Å²) in [7, 11) is 1.99. The fourth-order valence-corrected chi connectivity index (χ4v) is 2.30. The highest BCUT2D eigenvalue weighted by Crippen LogP contribution is 2.29. The van der Waals surface area contributed by atoms with E-state index in [9.17, 15) is 0 Å². The van der Waals surface area contributed by atoms with E-state index >= 15 is 0 Å². The van der Waals surface area contributed by atoms with Crippen LogP contribution in [0.2, 0.25) is 0 Å². The largest absolute Gasteiger partial charge is 0.374 e. The van der Waals surface area contributed by atoms with E-state index in [1.54, 1.807) is 6.20 Å². The number of imidazole rings is 1. The van der Waals surface area contributed by atoms with Crippen molar-refractivity contribution in [3.8, 4) is 0 Å². The number of H-pyrrole nitrogens is 1. The Morgan fingerprint density at radius 1 is 1.73 bits per heavy atom. The monoisotopic (exact) mass is 209 g/mol. The lowest BCUT2D eigenvalue weighted by molar-refractivity contribution is -0.00988. The summed E-state index contributed by atoms with van der Waals surface area (Å²) < 4.78 is 5.84. The SMILES string of the molecule is CNC(Cc1ncc[nH]1)C1(C)CCCO1. The summed E-state index contributed by atoms with van der Waals surface area (Å²) in [6.07, 6.45) is 6.83. The number of hydrogen-bond acceptors (Lipinski definition) is 3. The Hall–Kier alpha value is -0.870. The molecule has 1 aliphatic heterocycles. The molecule has 84 valence electrons. The van der Waals surface area contributed by atoms with Gasteiger partial charge in [0, 0.05) is 31.5 Å². The Bertz CT molecular complexity index is 291. The third kappa shape index (κ3) is 2.21. The maximum Gasteiger partial charge on any atom is 0.107 e. The zero-order valence-corrected chi connectivity index (χ0v) is 9.42.